The highest BCUT2D eigenvalue weighted by molar-refractivity contribution is 6.42. The van der Waals surface area contributed by atoms with E-state index in [9.17, 15) is 0 Å². The fourth-order valence-electron chi connectivity index (χ4n) is 2.91. The second-order valence-electron chi connectivity index (χ2n) is 6.29. The molecule has 1 aliphatic heterocycles. The molecule has 1 heterocycles. The van der Waals surface area contributed by atoms with Crippen LogP contribution in [0.2, 0.25) is 10.0 Å². The summed E-state index contributed by atoms with van der Waals surface area (Å²) in [5.74, 6) is 1.41. The van der Waals surface area contributed by atoms with Gasteiger partial charge < -0.3 is 19.5 Å². The van der Waals surface area contributed by atoms with Gasteiger partial charge in [-0.25, -0.2) is 0 Å². The maximum atomic E-state index is 6.04. The van der Waals surface area contributed by atoms with Crippen LogP contribution in [-0.2, 0) is 17.9 Å². The van der Waals surface area contributed by atoms with Crippen LogP contribution in [0.15, 0.2) is 36.4 Å². The first-order chi connectivity index (χ1) is 12.7. The minimum Gasteiger partial charge on any atom is -0.493 e. The third-order valence-corrected chi connectivity index (χ3v) is 5.07. The lowest BCUT2D eigenvalue weighted by Crippen LogP contribution is -2.25. The fourth-order valence-corrected chi connectivity index (χ4v) is 3.24. The van der Waals surface area contributed by atoms with E-state index in [1.165, 1.54) is 0 Å². The van der Waals surface area contributed by atoms with E-state index < -0.39 is 0 Å². The molecule has 1 fully saturated rings. The molecule has 1 atom stereocenters. The predicted molar refractivity (Wildman–Crippen MR) is 112 cm³/mol. The first kappa shape index (κ1) is 22.1. The summed E-state index contributed by atoms with van der Waals surface area (Å²) < 4.78 is 17.0. The van der Waals surface area contributed by atoms with Gasteiger partial charge in [-0.2, -0.15) is 0 Å². The van der Waals surface area contributed by atoms with Crippen LogP contribution >= 0.6 is 35.6 Å². The number of halogens is 3. The average molecular weight is 433 g/mol. The van der Waals surface area contributed by atoms with Gasteiger partial charge in [-0.15, -0.1) is 12.4 Å². The largest absolute Gasteiger partial charge is 0.493 e. The average Bonchev–Trinajstić information content (AvgIpc) is 3.16. The first-order valence-corrected chi connectivity index (χ1v) is 9.47. The molecule has 0 bridgehead atoms. The Kier molecular flexibility index (Phi) is 9.00. The van der Waals surface area contributed by atoms with Gasteiger partial charge >= 0.3 is 0 Å². The van der Waals surface area contributed by atoms with Crippen LogP contribution in [0.5, 0.6) is 11.5 Å². The van der Waals surface area contributed by atoms with Crippen LogP contribution in [0.4, 0.5) is 0 Å². The number of hydrogen-bond donors (Lipinski definition) is 1. The van der Waals surface area contributed by atoms with Crippen molar-refractivity contribution in [1.29, 1.82) is 0 Å². The van der Waals surface area contributed by atoms with Gasteiger partial charge in [0.15, 0.2) is 11.5 Å². The highest BCUT2D eigenvalue weighted by Crippen LogP contribution is 2.30. The van der Waals surface area contributed by atoms with Gasteiger partial charge in [-0.1, -0.05) is 35.3 Å². The molecule has 2 aromatic carbocycles. The normalized spacial score (nSPS) is 16.0. The van der Waals surface area contributed by atoms with Gasteiger partial charge in [0.2, 0.25) is 0 Å². The van der Waals surface area contributed by atoms with Crippen LogP contribution in [0.3, 0.4) is 0 Å². The van der Waals surface area contributed by atoms with Crippen molar-refractivity contribution in [2.45, 2.75) is 32.1 Å². The van der Waals surface area contributed by atoms with Crippen molar-refractivity contribution in [2.75, 3.05) is 20.3 Å². The SMILES string of the molecule is COc1cc(CNCC2CCCO2)ccc1OCc1ccc(Cl)c(Cl)c1.Cl. The summed E-state index contributed by atoms with van der Waals surface area (Å²) in [6.45, 7) is 2.91. The Bertz CT molecular complexity index is 736. The molecule has 148 valence electrons. The molecule has 0 radical (unpaired) electrons. The lowest BCUT2D eigenvalue weighted by Gasteiger charge is -2.14. The van der Waals surface area contributed by atoms with Gasteiger partial charge in [0.1, 0.15) is 6.61 Å². The lowest BCUT2D eigenvalue weighted by molar-refractivity contribution is 0.110. The third kappa shape index (κ3) is 6.44. The Morgan fingerprint density at radius 1 is 1.07 bits per heavy atom. The van der Waals surface area contributed by atoms with Gasteiger partial charge in [-0.05, 0) is 48.2 Å². The van der Waals surface area contributed by atoms with Crippen LogP contribution in [0, 0.1) is 0 Å². The van der Waals surface area contributed by atoms with Crippen molar-refractivity contribution in [3.05, 3.63) is 57.6 Å². The molecule has 0 saturated carbocycles. The van der Waals surface area contributed by atoms with Gasteiger partial charge in [0.25, 0.3) is 0 Å². The van der Waals surface area contributed by atoms with Crippen molar-refractivity contribution in [3.8, 4) is 11.5 Å². The molecule has 1 aliphatic rings. The zero-order chi connectivity index (χ0) is 18.4. The highest BCUT2D eigenvalue weighted by Gasteiger charge is 2.14. The highest BCUT2D eigenvalue weighted by atomic mass is 35.5. The van der Waals surface area contributed by atoms with Gasteiger partial charge in [0, 0.05) is 19.7 Å². The lowest BCUT2D eigenvalue weighted by atomic mass is 10.2. The number of nitrogens with one attached hydrogen (secondary N) is 1. The van der Waals surface area contributed by atoms with Gasteiger partial charge in [0.05, 0.1) is 23.3 Å². The molecule has 3 rings (SSSR count). The summed E-state index contributed by atoms with van der Waals surface area (Å²) in [5, 5.41) is 4.49. The van der Waals surface area contributed by atoms with Crippen molar-refractivity contribution < 1.29 is 14.2 Å². The third-order valence-electron chi connectivity index (χ3n) is 4.33. The van der Waals surface area contributed by atoms with E-state index in [0.717, 1.165) is 43.7 Å². The van der Waals surface area contributed by atoms with Crippen molar-refractivity contribution in [2.24, 2.45) is 0 Å². The van der Waals surface area contributed by atoms with Crippen LogP contribution < -0.4 is 14.8 Å². The fraction of sp³-hybridized carbons (Fsp3) is 0.400. The molecule has 2 aromatic rings. The Labute approximate surface area is 176 Å². The number of methoxy groups -OCH3 is 1. The molecule has 0 aromatic heterocycles. The summed E-state index contributed by atoms with van der Waals surface area (Å²) in [5.41, 5.74) is 2.09. The molecular weight excluding hydrogens is 409 g/mol. The van der Waals surface area contributed by atoms with Crippen molar-refractivity contribution >= 4 is 35.6 Å². The number of rotatable bonds is 8. The topological polar surface area (TPSA) is 39.7 Å². The van der Waals surface area contributed by atoms with E-state index in [4.69, 9.17) is 37.4 Å². The molecule has 4 nitrogen and oxygen atoms in total. The van der Waals surface area contributed by atoms with E-state index in [-0.39, 0.29) is 12.4 Å². The number of ether oxygens (including phenoxy) is 3. The smallest absolute Gasteiger partial charge is 0.161 e. The second-order valence-corrected chi connectivity index (χ2v) is 7.10. The predicted octanol–water partition coefficient (Wildman–Crippen LogP) is 5.27. The van der Waals surface area contributed by atoms with E-state index in [2.05, 4.69) is 5.32 Å². The standard InChI is InChI=1S/C20H23Cl2NO3.ClH/c1-24-20-10-14(11-23-12-16-3-2-8-25-16)5-7-19(20)26-13-15-4-6-17(21)18(22)9-15;/h4-7,9-10,16,23H,2-3,8,11-13H2,1H3;1H. The Hall–Kier alpha value is -1.17. The zero-order valence-corrected chi connectivity index (χ0v) is 17.5. The van der Waals surface area contributed by atoms with Crippen LogP contribution in [-0.4, -0.2) is 26.4 Å². The summed E-state index contributed by atoms with van der Waals surface area (Å²) in [6.07, 6.45) is 2.63. The Morgan fingerprint density at radius 3 is 2.59 bits per heavy atom. The van der Waals surface area contributed by atoms with Crippen molar-refractivity contribution in [3.63, 3.8) is 0 Å². The quantitative estimate of drug-likeness (QED) is 0.617. The Morgan fingerprint density at radius 2 is 1.89 bits per heavy atom. The molecule has 1 unspecified atom stereocenters. The maximum absolute atomic E-state index is 6.04. The maximum Gasteiger partial charge on any atom is 0.161 e. The zero-order valence-electron chi connectivity index (χ0n) is 15.2. The van der Waals surface area contributed by atoms with E-state index in [1.807, 2.05) is 24.3 Å². The molecule has 1 N–H and O–H groups in total. The molecule has 0 spiro atoms. The minimum absolute atomic E-state index is 0. The molecule has 0 aliphatic carbocycles. The van der Waals surface area contributed by atoms with Crippen LogP contribution in [0.1, 0.15) is 24.0 Å². The molecular formula is C20H24Cl3NO3. The monoisotopic (exact) mass is 431 g/mol. The number of hydrogen-bond acceptors (Lipinski definition) is 4. The van der Waals surface area contributed by atoms with E-state index in [0.29, 0.717) is 34.3 Å². The molecule has 7 heteroatoms. The van der Waals surface area contributed by atoms with Crippen molar-refractivity contribution in [1.82, 2.24) is 5.32 Å². The van der Waals surface area contributed by atoms with Gasteiger partial charge in [-0.3, -0.25) is 0 Å². The summed E-state index contributed by atoms with van der Waals surface area (Å²) in [6, 6.07) is 11.4. The number of benzene rings is 2. The second kappa shape index (κ2) is 11.0. The van der Waals surface area contributed by atoms with E-state index in [1.54, 1.807) is 19.2 Å². The molecule has 1 saturated heterocycles. The Balaban J connectivity index is 0.00000261. The minimum atomic E-state index is 0. The molecule has 0 amide bonds. The van der Waals surface area contributed by atoms with E-state index >= 15 is 0 Å². The molecule has 27 heavy (non-hydrogen) atoms. The summed E-state index contributed by atoms with van der Waals surface area (Å²) in [7, 11) is 1.64. The van der Waals surface area contributed by atoms with Crippen LogP contribution in [0.25, 0.3) is 0 Å². The first-order valence-electron chi connectivity index (χ1n) is 8.71. The summed E-state index contributed by atoms with van der Waals surface area (Å²) >= 11 is 12.0. The summed E-state index contributed by atoms with van der Waals surface area (Å²) in [4.78, 5) is 0.